The Bertz CT molecular complexity index is 453. The first-order valence-corrected chi connectivity index (χ1v) is 7.08. The van der Waals surface area contributed by atoms with Gasteiger partial charge in [-0.2, -0.15) is 0 Å². The summed E-state index contributed by atoms with van der Waals surface area (Å²) in [6.07, 6.45) is 5.09. The summed E-state index contributed by atoms with van der Waals surface area (Å²) in [5.74, 6) is -0.807. The summed E-state index contributed by atoms with van der Waals surface area (Å²) < 4.78 is 19.0. The highest BCUT2D eigenvalue weighted by atomic mass is 19.1. The van der Waals surface area contributed by atoms with E-state index >= 15 is 0 Å². The Morgan fingerprint density at radius 1 is 1.30 bits per heavy atom. The molecule has 0 spiro atoms. The normalized spacial score (nSPS) is 23.1. The highest BCUT2D eigenvalue weighted by Crippen LogP contribution is 2.19. The van der Waals surface area contributed by atoms with Crippen LogP contribution in [0.3, 0.4) is 0 Å². The van der Waals surface area contributed by atoms with Crippen LogP contribution in [0.2, 0.25) is 0 Å². The number of carbonyl (C=O) groups excluding carboxylic acids is 1. The van der Waals surface area contributed by atoms with E-state index in [2.05, 4.69) is 5.32 Å². The zero-order chi connectivity index (χ0) is 14.4. The maximum absolute atomic E-state index is 13.4. The first kappa shape index (κ1) is 14.9. The lowest BCUT2D eigenvalue weighted by Gasteiger charge is -2.21. The Balaban J connectivity index is 1.81. The van der Waals surface area contributed by atoms with Gasteiger partial charge < -0.3 is 15.8 Å². The Labute approximate surface area is 118 Å². The van der Waals surface area contributed by atoms with Gasteiger partial charge in [0, 0.05) is 6.04 Å². The summed E-state index contributed by atoms with van der Waals surface area (Å²) in [6, 6.07) is 6.05. The minimum absolute atomic E-state index is 0.0150. The minimum atomic E-state index is -0.452. The largest absolute Gasteiger partial charge is 0.367 e. The third-order valence-electron chi connectivity index (χ3n) is 3.58. The van der Waals surface area contributed by atoms with Gasteiger partial charge in [-0.15, -0.1) is 0 Å². The number of ether oxygens (including phenoxy) is 1. The lowest BCUT2D eigenvalue weighted by atomic mass is 10.1. The summed E-state index contributed by atoms with van der Waals surface area (Å²) in [5, 5.41) is 2.50. The second kappa shape index (κ2) is 7.36. The number of hydrogen-bond acceptors (Lipinski definition) is 3. The van der Waals surface area contributed by atoms with E-state index < -0.39 is 5.82 Å². The van der Waals surface area contributed by atoms with Crippen LogP contribution >= 0.6 is 0 Å². The molecule has 3 N–H and O–H groups in total. The van der Waals surface area contributed by atoms with Crippen molar-refractivity contribution in [3.05, 3.63) is 30.1 Å². The SMILES string of the molecule is NC1CCCCCC1OCC(=O)Nc1ccccc1F. The average molecular weight is 280 g/mol. The molecule has 110 valence electrons. The molecule has 1 aromatic carbocycles. The first-order chi connectivity index (χ1) is 9.66. The molecule has 1 aromatic rings. The molecule has 1 aliphatic rings. The second-order valence-electron chi connectivity index (χ2n) is 5.18. The van der Waals surface area contributed by atoms with E-state index in [1.807, 2.05) is 0 Å². The Hall–Kier alpha value is -1.46. The number of rotatable bonds is 4. The van der Waals surface area contributed by atoms with E-state index in [9.17, 15) is 9.18 Å². The molecule has 4 nitrogen and oxygen atoms in total. The van der Waals surface area contributed by atoms with Crippen LogP contribution < -0.4 is 11.1 Å². The topological polar surface area (TPSA) is 64.3 Å². The molecule has 0 aromatic heterocycles. The van der Waals surface area contributed by atoms with E-state index in [0.717, 1.165) is 32.1 Å². The Morgan fingerprint density at radius 2 is 2.05 bits per heavy atom. The summed E-state index contributed by atoms with van der Waals surface area (Å²) in [7, 11) is 0. The van der Waals surface area contributed by atoms with E-state index in [1.165, 1.54) is 12.1 Å². The van der Waals surface area contributed by atoms with Crippen LogP contribution in [-0.4, -0.2) is 24.7 Å². The monoisotopic (exact) mass is 280 g/mol. The summed E-state index contributed by atoms with van der Waals surface area (Å²) in [5.41, 5.74) is 6.20. The lowest BCUT2D eigenvalue weighted by Crippen LogP contribution is -2.37. The quantitative estimate of drug-likeness (QED) is 0.833. The van der Waals surface area contributed by atoms with E-state index in [4.69, 9.17) is 10.5 Å². The number of nitrogens with two attached hydrogens (primary N) is 1. The van der Waals surface area contributed by atoms with Gasteiger partial charge >= 0.3 is 0 Å². The third-order valence-corrected chi connectivity index (χ3v) is 3.58. The number of nitrogens with one attached hydrogen (secondary N) is 1. The first-order valence-electron chi connectivity index (χ1n) is 7.08. The third kappa shape index (κ3) is 4.28. The molecule has 20 heavy (non-hydrogen) atoms. The molecular formula is C15H21FN2O2. The van der Waals surface area contributed by atoms with E-state index in [-0.39, 0.29) is 30.3 Å². The maximum Gasteiger partial charge on any atom is 0.250 e. The van der Waals surface area contributed by atoms with Gasteiger partial charge in [-0.1, -0.05) is 31.4 Å². The molecule has 5 heteroatoms. The van der Waals surface area contributed by atoms with Crippen molar-refractivity contribution in [1.82, 2.24) is 0 Å². The molecule has 0 saturated heterocycles. The molecule has 1 fully saturated rings. The van der Waals surface area contributed by atoms with Crippen molar-refractivity contribution in [2.45, 2.75) is 44.2 Å². The maximum atomic E-state index is 13.4. The van der Waals surface area contributed by atoms with Crippen molar-refractivity contribution in [3.63, 3.8) is 0 Å². The van der Waals surface area contributed by atoms with Crippen molar-refractivity contribution in [3.8, 4) is 0 Å². The number of hydrogen-bond donors (Lipinski definition) is 2. The van der Waals surface area contributed by atoms with Crippen molar-refractivity contribution in [1.29, 1.82) is 0 Å². The standard InChI is InChI=1S/C15H21FN2O2/c16-11-6-4-5-8-13(11)18-15(19)10-20-14-9-3-1-2-7-12(14)17/h4-6,8,12,14H,1-3,7,9-10,17H2,(H,18,19). The fraction of sp³-hybridized carbons (Fsp3) is 0.533. The smallest absolute Gasteiger partial charge is 0.250 e. The van der Waals surface area contributed by atoms with Crippen molar-refractivity contribution >= 4 is 11.6 Å². The number of amides is 1. The van der Waals surface area contributed by atoms with Crippen molar-refractivity contribution < 1.29 is 13.9 Å². The van der Waals surface area contributed by atoms with Gasteiger partial charge in [-0.05, 0) is 25.0 Å². The molecule has 0 bridgehead atoms. The van der Waals surface area contributed by atoms with Gasteiger partial charge in [0.15, 0.2) is 0 Å². The van der Waals surface area contributed by atoms with Crippen LogP contribution in [0.25, 0.3) is 0 Å². The molecule has 1 amide bonds. The number of benzene rings is 1. The average Bonchev–Trinajstić information content (AvgIpc) is 2.64. The second-order valence-corrected chi connectivity index (χ2v) is 5.18. The number of anilines is 1. The van der Waals surface area contributed by atoms with Gasteiger partial charge in [0.05, 0.1) is 11.8 Å². The fourth-order valence-corrected chi connectivity index (χ4v) is 2.44. The van der Waals surface area contributed by atoms with Gasteiger partial charge in [-0.25, -0.2) is 4.39 Å². The van der Waals surface area contributed by atoms with Crippen molar-refractivity contribution in [2.75, 3.05) is 11.9 Å². The zero-order valence-corrected chi connectivity index (χ0v) is 11.5. The van der Waals surface area contributed by atoms with E-state index in [0.29, 0.717) is 0 Å². The molecular weight excluding hydrogens is 259 g/mol. The Morgan fingerprint density at radius 3 is 2.85 bits per heavy atom. The van der Waals surface area contributed by atoms with Gasteiger partial charge in [-0.3, -0.25) is 4.79 Å². The molecule has 0 radical (unpaired) electrons. The zero-order valence-electron chi connectivity index (χ0n) is 11.5. The van der Waals surface area contributed by atoms with E-state index in [1.54, 1.807) is 12.1 Å². The molecule has 2 rings (SSSR count). The lowest BCUT2D eigenvalue weighted by molar-refractivity contribution is -0.123. The molecule has 2 atom stereocenters. The summed E-state index contributed by atoms with van der Waals surface area (Å²) in [4.78, 5) is 11.8. The number of para-hydroxylation sites is 1. The summed E-state index contributed by atoms with van der Waals surface area (Å²) in [6.45, 7) is -0.0906. The van der Waals surface area contributed by atoms with Crippen LogP contribution in [0, 0.1) is 5.82 Å². The van der Waals surface area contributed by atoms with Crippen molar-refractivity contribution in [2.24, 2.45) is 5.73 Å². The molecule has 2 unspecified atom stereocenters. The Kier molecular flexibility index (Phi) is 5.49. The predicted octanol–water partition coefficient (Wildman–Crippen LogP) is 2.44. The van der Waals surface area contributed by atoms with Gasteiger partial charge in [0.2, 0.25) is 5.91 Å². The van der Waals surface area contributed by atoms with Crippen LogP contribution in [0.4, 0.5) is 10.1 Å². The van der Waals surface area contributed by atoms with Gasteiger partial charge in [0.25, 0.3) is 0 Å². The molecule has 1 saturated carbocycles. The van der Waals surface area contributed by atoms with Gasteiger partial charge in [0.1, 0.15) is 12.4 Å². The molecule has 1 aliphatic carbocycles. The van der Waals surface area contributed by atoms with Crippen LogP contribution in [0.1, 0.15) is 32.1 Å². The van der Waals surface area contributed by atoms with Crippen LogP contribution in [-0.2, 0) is 9.53 Å². The highest BCUT2D eigenvalue weighted by molar-refractivity contribution is 5.91. The summed E-state index contributed by atoms with van der Waals surface area (Å²) >= 11 is 0. The minimum Gasteiger partial charge on any atom is -0.367 e. The highest BCUT2D eigenvalue weighted by Gasteiger charge is 2.21. The number of carbonyl (C=O) groups is 1. The van der Waals surface area contributed by atoms with Crippen LogP contribution in [0.5, 0.6) is 0 Å². The molecule has 0 heterocycles. The molecule has 0 aliphatic heterocycles. The number of halogens is 1. The van der Waals surface area contributed by atoms with Crippen LogP contribution in [0.15, 0.2) is 24.3 Å². The fourth-order valence-electron chi connectivity index (χ4n) is 2.44. The predicted molar refractivity (Wildman–Crippen MR) is 75.8 cm³/mol.